The van der Waals surface area contributed by atoms with Gasteiger partial charge < -0.3 is 19.9 Å². The lowest BCUT2D eigenvalue weighted by Crippen LogP contribution is -2.07. The van der Waals surface area contributed by atoms with Gasteiger partial charge in [0.1, 0.15) is 5.75 Å². The Morgan fingerprint density at radius 1 is 1.19 bits per heavy atom. The molecule has 0 saturated carbocycles. The summed E-state index contributed by atoms with van der Waals surface area (Å²) in [5, 5.41) is 9.95. The van der Waals surface area contributed by atoms with E-state index in [0.717, 1.165) is 5.56 Å². The van der Waals surface area contributed by atoms with E-state index < -0.39 is 0 Å². The Kier molecular flexibility index (Phi) is 5.17. The molecule has 0 spiro atoms. The zero-order chi connectivity index (χ0) is 18.5. The molecule has 0 aliphatic rings. The largest absolute Gasteiger partial charge is 0.495 e. The lowest BCUT2D eigenvalue weighted by Gasteiger charge is -2.12. The van der Waals surface area contributed by atoms with Gasteiger partial charge >= 0.3 is 0 Å². The zero-order valence-electron chi connectivity index (χ0n) is 14.9. The van der Waals surface area contributed by atoms with Gasteiger partial charge in [-0.3, -0.25) is 4.79 Å². The minimum atomic E-state index is -0.138. The van der Waals surface area contributed by atoms with Crippen molar-refractivity contribution in [2.45, 2.75) is 20.4 Å². The summed E-state index contributed by atoms with van der Waals surface area (Å²) in [7, 11) is 1.58. The molecule has 1 heterocycles. The van der Waals surface area contributed by atoms with Crippen LogP contribution < -0.4 is 15.4 Å². The van der Waals surface area contributed by atoms with Crippen LogP contribution >= 0.6 is 0 Å². The van der Waals surface area contributed by atoms with E-state index in [1.807, 2.05) is 31.2 Å². The number of carbonyl (C=O) groups excluding carboxylic acids is 1. The monoisotopic (exact) mass is 352 g/mol. The van der Waals surface area contributed by atoms with Crippen molar-refractivity contribution < 1.29 is 14.1 Å². The van der Waals surface area contributed by atoms with E-state index in [1.165, 1.54) is 12.5 Å². The van der Waals surface area contributed by atoms with E-state index in [4.69, 9.17) is 9.26 Å². The fourth-order valence-corrected chi connectivity index (χ4v) is 2.44. The van der Waals surface area contributed by atoms with Gasteiger partial charge in [-0.25, -0.2) is 0 Å². The summed E-state index contributed by atoms with van der Waals surface area (Å²) in [6.45, 7) is 3.82. The van der Waals surface area contributed by atoms with Crippen molar-refractivity contribution in [2.24, 2.45) is 0 Å². The molecular formula is C19H20N4O3. The van der Waals surface area contributed by atoms with Crippen molar-refractivity contribution in [3.05, 3.63) is 53.9 Å². The highest BCUT2D eigenvalue weighted by molar-refractivity contribution is 5.89. The Labute approximate surface area is 151 Å². The van der Waals surface area contributed by atoms with Gasteiger partial charge in [-0.2, -0.15) is 4.98 Å². The van der Waals surface area contributed by atoms with Crippen molar-refractivity contribution in [2.75, 3.05) is 17.7 Å². The van der Waals surface area contributed by atoms with Crippen LogP contribution in [0.4, 0.5) is 11.4 Å². The molecule has 0 aliphatic carbocycles. The zero-order valence-corrected chi connectivity index (χ0v) is 14.9. The summed E-state index contributed by atoms with van der Waals surface area (Å²) >= 11 is 0. The molecule has 2 N–H and O–H groups in total. The number of anilines is 2. The van der Waals surface area contributed by atoms with Gasteiger partial charge in [0.15, 0.2) is 0 Å². The van der Waals surface area contributed by atoms with E-state index >= 15 is 0 Å². The number of methoxy groups -OCH3 is 1. The number of ether oxygens (including phenoxy) is 1. The third-order valence-electron chi connectivity index (χ3n) is 3.73. The summed E-state index contributed by atoms with van der Waals surface area (Å²) in [4.78, 5) is 15.6. The first-order valence-electron chi connectivity index (χ1n) is 8.14. The molecular weight excluding hydrogens is 332 g/mol. The molecule has 134 valence electrons. The summed E-state index contributed by atoms with van der Waals surface area (Å²) < 4.78 is 10.6. The summed E-state index contributed by atoms with van der Waals surface area (Å²) in [5.74, 6) is 1.51. The van der Waals surface area contributed by atoms with Gasteiger partial charge in [-0.05, 0) is 25.1 Å². The number of amides is 1. The maximum Gasteiger partial charge on any atom is 0.246 e. The molecule has 7 nitrogen and oxygen atoms in total. The second kappa shape index (κ2) is 7.69. The normalized spacial score (nSPS) is 10.4. The first kappa shape index (κ1) is 17.5. The third kappa shape index (κ3) is 4.18. The number of aryl methyl sites for hydroxylation is 1. The SMILES string of the molecule is COc1ccc(NC(C)=O)cc1NCc1nc(-c2ccc(C)cc2)no1. The molecule has 0 saturated heterocycles. The second-order valence-electron chi connectivity index (χ2n) is 5.83. The molecule has 7 heteroatoms. The van der Waals surface area contributed by atoms with Crippen molar-refractivity contribution >= 4 is 17.3 Å². The molecule has 0 radical (unpaired) electrons. The topological polar surface area (TPSA) is 89.3 Å². The Hall–Kier alpha value is -3.35. The summed E-state index contributed by atoms with van der Waals surface area (Å²) in [6, 6.07) is 13.3. The van der Waals surface area contributed by atoms with Crippen LogP contribution in [-0.4, -0.2) is 23.2 Å². The Bertz CT molecular complexity index is 903. The molecule has 3 rings (SSSR count). The van der Waals surface area contributed by atoms with E-state index in [2.05, 4.69) is 20.8 Å². The number of benzene rings is 2. The molecule has 1 amide bonds. The lowest BCUT2D eigenvalue weighted by atomic mass is 10.1. The van der Waals surface area contributed by atoms with E-state index in [-0.39, 0.29) is 5.91 Å². The minimum absolute atomic E-state index is 0.138. The number of nitrogens with zero attached hydrogens (tertiary/aromatic N) is 2. The van der Waals surface area contributed by atoms with Crippen LogP contribution in [0.2, 0.25) is 0 Å². The van der Waals surface area contributed by atoms with Crippen molar-refractivity contribution in [1.29, 1.82) is 0 Å². The van der Waals surface area contributed by atoms with Gasteiger partial charge in [-0.15, -0.1) is 0 Å². The maximum absolute atomic E-state index is 11.2. The molecule has 0 atom stereocenters. The number of aromatic nitrogens is 2. The van der Waals surface area contributed by atoms with E-state index in [9.17, 15) is 4.79 Å². The fourth-order valence-electron chi connectivity index (χ4n) is 2.44. The Morgan fingerprint density at radius 2 is 1.96 bits per heavy atom. The van der Waals surface area contributed by atoms with Crippen LogP contribution in [-0.2, 0) is 11.3 Å². The van der Waals surface area contributed by atoms with Gasteiger partial charge in [-0.1, -0.05) is 35.0 Å². The number of carbonyl (C=O) groups is 1. The predicted molar refractivity (Wildman–Crippen MR) is 99.1 cm³/mol. The lowest BCUT2D eigenvalue weighted by molar-refractivity contribution is -0.114. The van der Waals surface area contributed by atoms with Crippen molar-refractivity contribution in [3.8, 4) is 17.1 Å². The number of nitrogens with one attached hydrogen (secondary N) is 2. The minimum Gasteiger partial charge on any atom is -0.495 e. The average molecular weight is 352 g/mol. The van der Waals surface area contributed by atoms with Crippen LogP contribution in [0.15, 0.2) is 47.0 Å². The Morgan fingerprint density at radius 3 is 2.65 bits per heavy atom. The number of hydrogen-bond donors (Lipinski definition) is 2. The van der Waals surface area contributed by atoms with Crippen LogP contribution in [0.1, 0.15) is 18.4 Å². The van der Waals surface area contributed by atoms with Crippen molar-refractivity contribution in [3.63, 3.8) is 0 Å². The molecule has 0 unspecified atom stereocenters. The van der Waals surface area contributed by atoms with Gasteiger partial charge in [0.2, 0.25) is 17.6 Å². The van der Waals surface area contributed by atoms with Gasteiger partial charge in [0.25, 0.3) is 0 Å². The quantitative estimate of drug-likeness (QED) is 0.704. The maximum atomic E-state index is 11.2. The first-order valence-corrected chi connectivity index (χ1v) is 8.14. The van der Waals surface area contributed by atoms with Gasteiger partial charge in [0, 0.05) is 18.2 Å². The van der Waals surface area contributed by atoms with Crippen LogP contribution in [0, 0.1) is 6.92 Å². The van der Waals surface area contributed by atoms with E-state index in [0.29, 0.717) is 35.4 Å². The molecule has 26 heavy (non-hydrogen) atoms. The molecule has 2 aromatic carbocycles. The highest BCUT2D eigenvalue weighted by Crippen LogP contribution is 2.28. The number of hydrogen-bond acceptors (Lipinski definition) is 6. The average Bonchev–Trinajstić information content (AvgIpc) is 3.09. The van der Waals surface area contributed by atoms with Crippen molar-refractivity contribution in [1.82, 2.24) is 10.1 Å². The molecule has 0 fully saturated rings. The highest BCUT2D eigenvalue weighted by Gasteiger charge is 2.10. The Balaban J connectivity index is 1.72. The second-order valence-corrected chi connectivity index (χ2v) is 5.83. The van der Waals surface area contributed by atoms with Crippen LogP contribution in [0.5, 0.6) is 5.75 Å². The predicted octanol–water partition coefficient (Wildman–Crippen LogP) is 3.62. The van der Waals surface area contributed by atoms with Gasteiger partial charge in [0.05, 0.1) is 19.3 Å². The number of rotatable bonds is 6. The standard InChI is InChI=1S/C19H20N4O3/c1-12-4-6-14(7-5-12)19-22-18(26-23-19)11-20-16-10-15(21-13(2)24)8-9-17(16)25-3/h4-10,20H,11H2,1-3H3,(H,21,24). The van der Waals surface area contributed by atoms with Crippen LogP contribution in [0.3, 0.4) is 0 Å². The first-order chi connectivity index (χ1) is 12.5. The summed E-state index contributed by atoms with van der Waals surface area (Å²) in [5.41, 5.74) is 3.46. The molecule has 1 aromatic heterocycles. The highest BCUT2D eigenvalue weighted by atomic mass is 16.5. The molecule has 0 bridgehead atoms. The third-order valence-corrected chi connectivity index (χ3v) is 3.73. The molecule has 3 aromatic rings. The summed E-state index contributed by atoms with van der Waals surface area (Å²) in [6.07, 6.45) is 0. The smallest absolute Gasteiger partial charge is 0.246 e. The van der Waals surface area contributed by atoms with Crippen LogP contribution in [0.25, 0.3) is 11.4 Å². The molecule has 0 aliphatic heterocycles. The fraction of sp³-hybridized carbons (Fsp3) is 0.211. The van der Waals surface area contributed by atoms with E-state index in [1.54, 1.807) is 25.3 Å².